The van der Waals surface area contributed by atoms with Gasteiger partial charge in [-0.1, -0.05) is 61.9 Å². The second-order valence-corrected chi connectivity index (χ2v) is 10.7. The van der Waals surface area contributed by atoms with Crippen LogP contribution < -0.4 is 5.32 Å². The standard InChI is InChI=1S/C32H40FNO4/c1-6-9-24-17-25(14-15-29(24)31(36)37)28-11-8-7-10-27(28)22(3)38-20-26(35)19-34-32(4,5)18-23-13-12-21(2)30(33)16-23/h7-8,10-17,22,26,34-35H,6,9,18-20H2,1-5H3,(H,36,37)/t22?,26-/m0/s1. The average Bonchev–Trinajstić information content (AvgIpc) is 2.88. The molecule has 204 valence electrons. The fraction of sp³-hybridized carbons (Fsp3) is 0.406. The van der Waals surface area contributed by atoms with Crippen molar-refractivity contribution >= 4 is 5.97 Å². The molecule has 0 aliphatic rings. The number of ether oxygens (including phenoxy) is 1. The van der Waals surface area contributed by atoms with E-state index in [1.807, 2.05) is 70.2 Å². The zero-order chi connectivity index (χ0) is 27.9. The average molecular weight is 522 g/mol. The summed E-state index contributed by atoms with van der Waals surface area (Å²) < 4.78 is 20.0. The van der Waals surface area contributed by atoms with Crippen molar-refractivity contribution in [3.8, 4) is 11.1 Å². The first-order valence-corrected chi connectivity index (χ1v) is 13.3. The Bertz CT molecular complexity index is 1240. The fourth-order valence-corrected chi connectivity index (χ4v) is 4.68. The lowest BCUT2D eigenvalue weighted by Gasteiger charge is -2.28. The Labute approximate surface area is 225 Å². The molecule has 0 heterocycles. The lowest BCUT2D eigenvalue weighted by Crippen LogP contribution is -2.46. The van der Waals surface area contributed by atoms with Gasteiger partial charge in [-0.2, -0.15) is 0 Å². The number of carboxylic acids is 1. The Morgan fingerprint density at radius 2 is 1.84 bits per heavy atom. The second-order valence-electron chi connectivity index (χ2n) is 10.7. The maximum absolute atomic E-state index is 13.9. The fourth-order valence-electron chi connectivity index (χ4n) is 4.68. The number of aryl methyl sites for hydroxylation is 2. The summed E-state index contributed by atoms with van der Waals surface area (Å²) in [4.78, 5) is 11.6. The van der Waals surface area contributed by atoms with Gasteiger partial charge in [-0.3, -0.25) is 0 Å². The lowest BCUT2D eigenvalue weighted by atomic mass is 9.92. The predicted molar refractivity (Wildman–Crippen MR) is 150 cm³/mol. The Morgan fingerprint density at radius 1 is 1.11 bits per heavy atom. The van der Waals surface area contributed by atoms with Gasteiger partial charge in [0.2, 0.25) is 0 Å². The van der Waals surface area contributed by atoms with Crippen LogP contribution in [0.3, 0.4) is 0 Å². The molecule has 38 heavy (non-hydrogen) atoms. The van der Waals surface area contributed by atoms with E-state index in [-0.39, 0.29) is 24.1 Å². The number of hydrogen-bond donors (Lipinski definition) is 3. The SMILES string of the molecule is CCCc1cc(-c2ccccc2C(C)OC[C@@H](O)CNC(C)(C)Cc2ccc(C)c(F)c2)ccc1C(=O)O. The van der Waals surface area contributed by atoms with Crippen molar-refractivity contribution in [3.63, 3.8) is 0 Å². The summed E-state index contributed by atoms with van der Waals surface area (Å²) in [7, 11) is 0. The molecule has 0 fully saturated rings. The first-order valence-electron chi connectivity index (χ1n) is 13.3. The van der Waals surface area contributed by atoms with Crippen LogP contribution >= 0.6 is 0 Å². The van der Waals surface area contributed by atoms with Crippen LogP contribution in [0.4, 0.5) is 4.39 Å². The number of halogens is 1. The van der Waals surface area contributed by atoms with Crippen molar-refractivity contribution in [3.05, 3.63) is 94.3 Å². The number of carbonyl (C=O) groups is 1. The topological polar surface area (TPSA) is 78.8 Å². The molecule has 3 aromatic rings. The normalized spacial score (nSPS) is 13.3. The highest BCUT2D eigenvalue weighted by Gasteiger charge is 2.21. The van der Waals surface area contributed by atoms with Crippen LogP contribution in [0.2, 0.25) is 0 Å². The second kappa shape index (κ2) is 13.1. The van der Waals surface area contributed by atoms with Crippen molar-refractivity contribution in [2.24, 2.45) is 0 Å². The van der Waals surface area contributed by atoms with Crippen LogP contribution in [0.5, 0.6) is 0 Å². The molecule has 0 aliphatic carbocycles. The van der Waals surface area contributed by atoms with E-state index in [4.69, 9.17) is 4.74 Å². The lowest BCUT2D eigenvalue weighted by molar-refractivity contribution is -0.00397. The summed E-state index contributed by atoms with van der Waals surface area (Å²) in [5.41, 5.74) is 5.25. The van der Waals surface area contributed by atoms with Crippen molar-refractivity contribution in [1.82, 2.24) is 5.32 Å². The number of benzene rings is 3. The van der Waals surface area contributed by atoms with Gasteiger partial charge in [0.15, 0.2) is 0 Å². The number of aliphatic hydroxyl groups excluding tert-OH is 1. The number of aromatic carboxylic acids is 1. The summed E-state index contributed by atoms with van der Waals surface area (Å²) in [6.07, 6.45) is 1.18. The number of nitrogens with one attached hydrogen (secondary N) is 1. The molecule has 0 amide bonds. The third kappa shape index (κ3) is 7.97. The first kappa shape index (κ1) is 29.5. The van der Waals surface area contributed by atoms with E-state index >= 15 is 0 Å². The van der Waals surface area contributed by atoms with Crippen molar-refractivity contribution in [1.29, 1.82) is 0 Å². The number of aliphatic hydroxyl groups is 1. The third-order valence-electron chi connectivity index (χ3n) is 6.80. The van der Waals surface area contributed by atoms with E-state index in [9.17, 15) is 19.4 Å². The molecule has 0 spiro atoms. The Morgan fingerprint density at radius 3 is 2.53 bits per heavy atom. The molecule has 0 aliphatic heterocycles. The molecule has 0 saturated heterocycles. The third-order valence-corrected chi connectivity index (χ3v) is 6.80. The smallest absolute Gasteiger partial charge is 0.335 e. The molecule has 0 bridgehead atoms. The molecule has 3 rings (SSSR count). The minimum Gasteiger partial charge on any atom is -0.478 e. The molecular weight excluding hydrogens is 481 g/mol. The van der Waals surface area contributed by atoms with E-state index < -0.39 is 12.1 Å². The van der Waals surface area contributed by atoms with E-state index in [0.717, 1.165) is 34.2 Å². The molecule has 1 unspecified atom stereocenters. The zero-order valence-corrected chi connectivity index (χ0v) is 23.1. The predicted octanol–water partition coefficient (Wildman–Crippen LogP) is 6.50. The van der Waals surface area contributed by atoms with Crippen molar-refractivity contribution < 1.29 is 24.1 Å². The van der Waals surface area contributed by atoms with Gasteiger partial charge in [-0.15, -0.1) is 0 Å². The van der Waals surface area contributed by atoms with E-state index in [0.29, 0.717) is 30.5 Å². The van der Waals surface area contributed by atoms with Gasteiger partial charge in [0.05, 0.1) is 24.4 Å². The maximum atomic E-state index is 13.9. The zero-order valence-electron chi connectivity index (χ0n) is 23.1. The van der Waals surface area contributed by atoms with Crippen LogP contribution in [0.15, 0.2) is 60.7 Å². The minimum absolute atomic E-state index is 0.150. The Kier molecular flexibility index (Phi) is 10.2. The van der Waals surface area contributed by atoms with Gasteiger partial charge in [-0.05, 0) is 86.1 Å². The summed E-state index contributed by atoms with van der Waals surface area (Å²) in [6.45, 7) is 10.3. The Hall–Kier alpha value is -3.06. The molecule has 3 N–H and O–H groups in total. The van der Waals surface area contributed by atoms with Gasteiger partial charge in [0.25, 0.3) is 0 Å². The van der Waals surface area contributed by atoms with Gasteiger partial charge in [-0.25, -0.2) is 9.18 Å². The van der Waals surface area contributed by atoms with Crippen LogP contribution in [0, 0.1) is 12.7 Å². The van der Waals surface area contributed by atoms with Crippen molar-refractivity contribution in [2.45, 2.75) is 71.6 Å². The van der Waals surface area contributed by atoms with E-state index in [1.165, 1.54) is 0 Å². The van der Waals surface area contributed by atoms with Gasteiger partial charge in [0.1, 0.15) is 5.82 Å². The molecule has 5 nitrogen and oxygen atoms in total. The van der Waals surface area contributed by atoms with Crippen LogP contribution in [0.1, 0.15) is 72.8 Å². The largest absolute Gasteiger partial charge is 0.478 e. The summed E-state index contributed by atoms with van der Waals surface area (Å²) >= 11 is 0. The maximum Gasteiger partial charge on any atom is 0.335 e. The number of carboxylic acid groups (broad SMARTS) is 1. The quantitative estimate of drug-likeness (QED) is 0.239. The molecular formula is C32H40FNO4. The summed E-state index contributed by atoms with van der Waals surface area (Å²) in [5.74, 6) is -1.12. The number of hydrogen-bond acceptors (Lipinski definition) is 4. The molecule has 6 heteroatoms. The van der Waals surface area contributed by atoms with Crippen molar-refractivity contribution in [2.75, 3.05) is 13.2 Å². The number of β-amino-alcohol motifs (C(OH)–C–C–N with tert-alkyl or cyclic N) is 1. The van der Waals surface area contributed by atoms with E-state index in [1.54, 1.807) is 25.1 Å². The van der Waals surface area contributed by atoms with Gasteiger partial charge in [0, 0.05) is 12.1 Å². The highest BCUT2D eigenvalue weighted by atomic mass is 19.1. The number of rotatable bonds is 13. The summed E-state index contributed by atoms with van der Waals surface area (Å²) in [6, 6.07) is 18.7. The molecule has 0 radical (unpaired) electrons. The van der Waals surface area contributed by atoms with Crippen LogP contribution in [-0.2, 0) is 17.6 Å². The van der Waals surface area contributed by atoms with Gasteiger partial charge < -0.3 is 20.3 Å². The molecule has 2 atom stereocenters. The monoisotopic (exact) mass is 521 g/mol. The highest BCUT2D eigenvalue weighted by molar-refractivity contribution is 5.90. The summed E-state index contributed by atoms with van der Waals surface area (Å²) in [5, 5.41) is 23.5. The Balaban J connectivity index is 1.62. The first-order chi connectivity index (χ1) is 18.0. The van der Waals surface area contributed by atoms with E-state index in [2.05, 4.69) is 5.32 Å². The highest BCUT2D eigenvalue weighted by Crippen LogP contribution is 2.32. The molecule has 0 aromatic heterocycles. The minimum atomic E-state index is -0.915. The van der Waals surface area contributed by atoms with Gasteiger partial charge >= 0.3 is 5.97 Å². The van der Waals surface area contributed by atoms with Crippen LogP contribution in [0.25, 0.3) is 11.1 Å². The molecule has 3 aromatic carbocycles. The van der Waals surface area contributed by atoms with Crippen LogP contribution in [-0.4, -0.2) is 41.0 Å². The molecule has 0 saturated carbocycles.